The van der Waals surface area contributed by atoms with Crippen molar-refractivity contribution in [3.05, 3.63) is 54.3 Å². The van der Waals surface area contributed by atoms with Crippen LogP contribution in [0.4, 0.5) is 13.2 Å². The monoisotopic (exact) mass is 394 g/mol. The summed E-state index contributed by atoms with van der Waals surface area (Å²) >= 11 is 0. The largest absolute Gasteiger partial charge is 0.448 e. The summed E-state index contributed by atoms with van der Waals surface area (Å²) in [6.07, 6.45) is 1.10. The number of aliphatic hydroxyl groups is 1. The summed E-state index contributed by atoms with van der Waals surface area (Å²) in [5, 5.41) is 17.4. The van der Waals surface area contributed by atoms with Gasteiger partial charge < -0.3 is 14.4 Å². The molecule has 12 heteroatoms. The third-order valence-electron chi connectivity index (χ3n) is 4.28. The number of carbonyl (C=O) groups is 1. The Balaban J connectivity index is 1.39. The smallest absolute Gasteiger partial charge is 0.420 e. The van der Waals surface area contributed by atoms with E-state index in [4.69, 9.17) is 4.42 Å². The molecule has 0 aromatic carbocycles. The molecule has 0 unspecified atom stereocenters. The Bertz CT molecular complexity index is 978. The minimum atomic E-state index is -4.79. The topological polar surface area (TPSA) is 110 Å². The molecule has 9 nitrogen and oxygen atoms in total. The quantitative estimate of drug-likeness (QED) is 0.703. The number of carbonyl (C=O) groups excluding carboxylic acids is 1. The summed E-state index contributed by atoms with van der Waals surface area (Å²) in [6, 6.07) is 3.46. The number of nitrogens with zero attached hydrogens (tertiary/aromatic N) is 6. The van der Waals surface area contributed by atoms with Crippen LogP contribution in [0.5, 0.6) is 0 Å². The van der Waals surface area contributed by atoms with Gasteiger partial charge in [0.1, 0.15) is 12.0 Å². The van der Waals surface area contributed by atoms with Crippen molar-refractivity contribution < 1.29 is 27.5 Å². The molecule has 28 heavy (non-hydrogen) atoms. The van der Waals surface area contributed by atoms with Crippen molar-refractivity contribution in [2.45, 2.75) is 18.2 Å². The highest BCUT2D eigenvalue weighted by molar-refractivity contribution is 5.92. The molecular formula is C16H13F3N6O3. The first-order valence-electron chi connectivity index (χ1n) is 8.10. The number of oxazole rings is 1. The van der Waals surface area contributed by atoms with Gasteiger partial charge in [-0.1, -0.05) is 0 Å². The first-order valence-corrected chi connectivity index (χ1v) is 8.10. The number of β-amino-alcohol motifs (C(OH)–C–C–N with tert-alkyl or cyclic N) is 1. The Morgan fingerprint density at radius 1 is 1.25 bits per heavy atom. The van der Waals surface area contributed by atoms with E-state index in [1.54, 1.807) is 18.3 Å². The van der Waals surface area contributed by atoms with Crippen molar-refractivity contribution in [2.24, 2.45) is 0 Å². The average Bonchev–Trinajstić information content (AvgIpc) is 3.30. The SMILES string of the molecule is O=C(c1coc(Cc2ccc(-n3nccn3)cn2)n1)N1CC(O)(C(F)(F)F)C1. The van der Waals surface area contributed by atoms with E-state index in [9.17, 15) is 23.1 Å². The highest BCUT2D eigenvalue weighted by Crippen LogP contribution is 2.38. The molecule has 1 fully saturated rings. The fourth-order valence-electron chi connectivity index (χ4n) is 2.70. The number of hydrogen-bond donors (Lipinski definition) is 1. The molecule has 0 spiro atoms. The minimum absolute atomic E-state index is 0.128. The maximum Gasteiger partial charge on any atom is 0.420 e. The van der Waals surface area contributed by atoms with Crippen molar-refractivity contribution >= 4 is 5.91 Å². The first-order chi connectivity index (χ1) is 13.2. The second-order valence-electron chi connectivity index (χ2n) is 6.32. The molecule has 1 aliphatic rings. The molecule has 3 aromatic heterocycles. The van der Waals surface area contributed by atoms with Crippen molar-refractivity contribution in [1.82, 2.24) is 29.9 Å². The van der Waals surface area contributed by atoms with Crippen LogP contribution in [0, 0.1) is 0 Å². The van der Waals surface area contributed by atoms with Gasteiger partial charge in [-0.05, 0) is 12.1 Å². The van der Waals surface area contributed by atoms with Crippen molar-refractivity contribution in [1.29, 1.82) is 0 Å². The van der Waals surface area contributed by atoms with Gasteiger partial charge >= 0.3 is 6.18 Å². The van der Waals surface area contributed by atoms with E-state index in [1.807, 2.05) is 0 Å². The molecule has 1 saturated heterocycles. The number of pyridine rings is 1. The van der Waals surface area contributed by atoms with Gasteiger partial charge in [0.15, 0.2) is 11.3 Å². The lowest BCUT2D eigenvalue weighted by Gasteiger charge is -2.46. The number of hydrogen-bond acceptors (Lipinski definition) is 7. The predicted octanol–water partition coefficient (Wildman–Crippen LogP) is 0.990. The van der Waals surface area contributed by atoms with Crippen LogP contribution in [0.2, 0.25) is 0 Å². The Morgan fingerprint density at radius 3 is 2.57 bits per heavy atom. The summed E-state index contributed by atoms with van der Waals surface area (Å²) in [7, 11) is 0. The molecule has 0 aliphatic carbocycles. The zero-order chi connectivity index (χ0) is 19.9. The third-order valence-corrected chi connectivity index (χ3v) is 4.28. The third kappa shape index (κ3) is 3.22. The lowest BCUT2D eigenvalue weighted by atomic mass is 9.93. The zero-order valence-electron chi connectivity index (χ0n) is 14.2. The van der Waals surface area contributed by atoms with Crippen LogP contribution in [0.15, 0.2) is 41.4 Å². The van der Waals surface area contributed by atoms with Gasteiger partial charge in [-0.3, -0.25) is 9.78 Å². The second kappa shape index (κ2) is 6.41. The molecule has 1 amide bonds. The van der Waals surface area contributed by atoms with E-state index in [0.29, 0.717) is 11.4 Å². The average molecular weight is 394 g/mol. The molecule has 4 rings (SSSR count). The fraction of sp³-hybridized carbons (Fsp3) is 0.312. The molecule has 0 atom stereocenters. The number of amides is 1. The summed E-state index contributed by atoms with van der Waals surface area (Å²) in [6.45, 7) is -1.66. The summed E-state index contributed by atoms with van der Waals surface area (Å²) < 4.78 is 43.2. The molecule has 146 valence electrons. The van der Waals surface area contributed by atoms with Crippen LogP contribution in [-0.2, 0) is 6.42 Å². The Morgan fingerprint density at radius 2 is 1.96 bits per heavy atom. The van der Waals surface area contributed by atoms with Crippen LogP contribution < -0.4 is 0 Å². The number of aromatic nitrogens is 5. The zero-order valence-corrected chi connectivity index (χ0v) is 14.2. The lowest BCUT2D eigenvalue weighted by Crippen LogP contribution is -2.70. The highest BCUT2D eigenvalue weighted by Gasteiger charge is 2.62. The maximum atomic E-state index is 12.7. The van der Waals surface area contributed by atoms with Gasteiger partial charge in [-0.15, -0.1) is 0 Å². The number of halogens is 3. The first kappa shape index (κ1) is 18.1. The molecule has 0 radical (unpaired) electrons. The van der Waals surface area contributed by atoms with Gasteiger partial charge in [0.2, 0.25) is 5.89 Å². The Kier molecular flexibility index (Phi) is 4.14. The van der Waals surface area contributed by atoms with E-state index < -0.39 is 30.8 Å². The molecule has 0 saturated carbocycles. The van der Waals surface area contributed by atoms with Gasteiger partial charge in [-0.25, -0.2) is 4.98 Å². The number of rotatable bonds is 4. The van der Waals surface area contributed by atoms with Crippen LogP contribution >= 0.6 is 0 Å². The minimum Gasteiger partial charge on any atom is -0.448 e. The second-order valence-corrected chi connectivity index (χ2v) is 6.32. The molecule has 1 aliphatic heterocycles. The van der Waals surface area contributed by atoms with Crippen LogP contribution in [0.25, 0.3) is 5.69 Å². The molecular weight excluding hydrogens is 381 g/mol. The number of likely N-dealkylation sites (tertiary alicyclic amines) is 1. The Hall–Kier alpha value is -3.28. The summed E-state index contributed by atoms with van der Waals surface area (Å²) in [5.41, 5.74) is -1.74. The van der Waals surface area contributed by atoms with Crippen LogP contribution in [0.3, 0.4) is 0 Å². The molecule has 1 N–H and O–H groups in total. The van der Waals surface area contributed by atoms with Gasteiger partial charge in [0.25, 0.3) is 5.91 Å². The van der Waals surface area contributed by atoms with E-state index in [-0.39, 0.29) is 18.0 Å². The van der Waals surface area contributed by atoms with Crippen molar-refractivity contribution in [3.63, 3.8) is 0 Å². The molecule has 4 heterocycles. The Labute approximate surface area is 155 Å². The number of alkyl halides is 3. The van der Waals surface area contributed by atoms with Crippen LogP contribution in [0.1, 0.15) is 22.1 Å². The maximum absolute atomic E-state index is 12.7. The van der Waals surface area contributed by atoms with E-state index in [1.165, 1.54) is 17.2 Å². The van der Waals surface area contributed by atoms with Crippen LogP contribution in [-0.4, -0.2) is 65.7 Å². The predicted molar refractivity (Wildman–Crippen MR) is 85.4 cm³/mol. The van der Waals surface area contributed by atoms with Gasteiger partial charge in [-0.2, -0.15) is 28.2 Å². The van der Waals surface area contributed by atoms with E-state index in [2.05, 4.69) is 20.2 Å². The van der Waals surface area contributed by atoms with E-state index in [0.717, 1.165) is 11.2 Å². The van der Waals surface area contributed by atoms with Gasteiger partial charge in [0.05, 0.1) is 38.1 Å². The van der Waals surface area contributed by atoms with Crippen molar-refractivity contribution in [3.8, 4) is 5.69 Å². The lowest BCUT2D eigenvalue weighted by molar-refractivity contribution is -0.294. The fourth-order valence-corrected chi connectivity index (χ4v) is 2.70. The standard InChI is InChI=1S/C16H13F3N6O3/c17-16(18,19)15(27)8-24(9-15)14(26)12-7-28-13(23-12)5-10-1-2-11(6-20-10)25-21-3-4-22-25/h1-4,6-7,27H,5,8-9H2. The summed E-state index contributed by atoms with van der Waals surface area (Å²) in [5.74, 6) is -0.551. The summed E-state index contributed by atoms with van der Waals surface area (Å²) in [4.78, 5) is 22.7. The molecule has 3 aromatic rings. The normalized spacial score (nSPS) is 16.1. The van der Waals surface area contributed by atoms with Crippen molar-refractivity contribution in [2.75, 3.05) is 13.1 Å². The van der Waals surface area contributed by atoms with Gasteiger partial charge in [0, 0.05) is 5.69 Å². The van der Waals surface area contributed by atoms with E-state index >= 15 is 0 Å². The highest BCUT2D eigenvalue weighted by atomic mass is 19.4. The molecule has 0 bridgehead atoms.